The molecule has 0 spiro atoms. The van der Waals surface area contributed by atoms with Gasteiger partial charge < -0.3 is 0 Å². The molecule has 0 fully saturated rings. The lowest BCUT2D eigenvalue weighted by atomic mass is 10.2. The van der Waals surface area contributed by atoms with Gasteiger partial charge in [-0.3, -0.25) is 4.57 Å². The fourth-order valence-electron chi connectivity index (χ4n) is 2.14. The Labute approximate surface area is 135 Å². The number of imidazole rings is 1. The lowest BCUT2D eigenvalue weighted by molar-refractivity contribution is 0.982. The first kappa shape index (κ1) is 14.0. The predicted octanol–water partition coefficient (Wildman–Crippen LogP) is 5.72. The lowest BCUT2D eigenvalue weighted by Crippen LogP contribution is -1.99. The molecule has 1 heterocycles. The number of fused-ring (bicyclic) bond motifs is 1. The monoisotopic (exact) mass is 344 g/mol. The second-order valence-corrected chi connectivity index (χ2v) is 5.83. The van der Waals surface area contributed by atoms with Crippen molar-refractivity contribution >= 4 is 57.4 Å². The van der Waals surface area contributed by atoms with Crippen LogP contribution in [0.25, 0.3) is 16.7 Å². The summed E-state index contributed by atoms with van der Waals surface area (Å²) in [5.41, 5.74) is 2.50. The molecule has 3 aromatic rings. The standard InChI is InChI=1S/C14H8Cl4N2/c15-7-14-19-12-2-1-8(16)6-13(12)20(14)11-4-9(17)3-10(18)5-11/h1-6H,7H2. The Hall–Kier alpha value is -0.930. The zero-order valence-corrected chi connectivity index (χ0v) is 13.1. The van der Waals surface area contributed by atoms with E-state index in [0.29, 0.717) is 20.9 Å². The first-order valence-corrected chi connectivity index (χ1v) is 7.44. The molecule has 6 heteroatoms. The largest absolute Gasteiger partial charge is 0.295 e. The highest BCUT2D eigenvalue weighted by molar-refractivity contribution is 6.35. The van der Waals surface area contributed by atoms with Gasteiger partial charge in [0.15, 0.2) is 0 Å². The smallest absolute Gasteiger partial charge is 0.129 e. The van der Waals surface area contributed by atoms with E-state index < -0.39 is 0 Å². The van der Waals surface area contributed by atoms with Crippen molar-refractivity contribution in [3.05, 3.63) is 57.3 Å². The van der Waals surface area contributed by atoms with Gasteiger partial charge in [0.1, 0.15) is 5.82 Å². The number of benzene rings is 2. The average Bonchev–Trinajstić information content (AvgIpc) is 2.75. The maximum atomic E-state index is 6.07. The van der Waals surface area contributed by atoms with Crippen LogP contribution in [0.4, 0.5) is 0 Å². The number of rotatable bonds is 2. The minimum absolute atomic E-state index is 0.274. The molecule has 0 bridgehead atoms. The van der Waals surface area contributed by atoms with E-state index in [1.807, 2.05) is 28.8 Å². The Balaban J connectivity index is 2.35. The van der Waals surface area contributed by atoms with Crippen LogP contribution >= 0.6 is 46.4 Å². The summed E-state index contributed by atoms with van der Waals surface area (Å²) < 4.78 is 1.91. The molecule has 0 N–H and O–H groups in total. The van der Waals surface area contributed by atoms with Gasteiger partial charge in [-0.2, -0.15) is 0 Å². The van der Waals surface area contributed by atoms with Crippen molar-refractivity contribution in [3.8, 4) is 5.69 Å². The van der Waals surface area contributed by atoms with E-state index in [4.69, 9.17) is 46.4 Å². The quantitative estimate of drug-likeness (QED) is 0.543. The summed E-state index contributed by atoms with van der Waals surface area (Å²) in [5.74, 6) is 0.985. The molecule has 0 atom stereocenters. The molecule has 2 aromatic carbocycles. The Morgan fingerprint density at radius 3 is 2.25 bits per heavy atom. The Morgan fingerprint density at radius 1 is 0.900 bits per heavy atom. The van der Waals surface area contributed by atoms with Crippen molar-refractivity contribution in [1.82, 2.24) is 9.55 Å². The molecule has 2 nitrogen and oxygen atoms in total. The lowest BCUT2D eigenvalue weighted by Gasteiger charge is -2.09. The second-order valence-electron chi connectivity index (χ2n) is 4.26. The van der Waals surface area contributed by atoms with Gasteiger partial charge in [0.05, 0.1) is 22.6 Å². The summed E-state index contributed by atoms with van der Waals surface area (Å²) >= 11 is 24.2. The zero-order chi connectivity index (χ0) is 14.3. The fraction of sp³-hybridized carbons (Fsp3) is 0.0714. The van der Waals surface area contributed by atoms with E-state index in [9.17, 15) is 0 Å². The highest BCUT2D eigenvalue weighted by Crippen LogP contribution is 2.28. The van der Waals surface area contributed by atoms with Crippen LogP contribution in [0, 0.1) is 0 Å². The molecule has 0 saturated heterocycles. The van der Waals surface area contributed by atoms with Crippen molar-refractivity contribution in [2.24, 2.45) is 0 Å². The van der Waals surface area contributed by atoms with Crippen LogP contribution in [-0.4, -0.2) is 9.55 Å². The molecule has 20 heavy (non-hydrogen) atoms. The van der Waals surface area contributed by atoms with E-state index in [1.165, 1.54) is 0 Å². The van der Waals surface area contributed by atoms with E-state index in [2.05, 4.69) is 4.98 Å². The van der Waals surface area contributed by atoms with Gasteiger partial charge in [-0.15, -0.1) is 11.6 Å². The van der Waals surface area contributed by atoms with Gasteiger partial charge in [0.25, 0.3) is 0 Å². The van der Waals surface area contributed by atoms with E-state index in [-0.39, 0.29) is 5.88 Å². The third-order valence-electron chi connectivity index (χ3n) is 2.91. The highest BCUT2D eigenvalue weighted by atomic mass is 35.5. The van der Waals surface area contributed by atoms with Crippen LogP contribution in [0.5, 0.6) is 0 Å². The van der Waals surface area contributed by atoms with Crippen LogP contribution in [0.2, 0.25) is 15.1 Å². The van der Waals surface area contributed by atoms with E-state index >= 15 is 0 Å². The number of hydrogen-bond donors (Lipinski definition) is 0. The minimum Gasteiger partial charge on any atom is -0.295 e. The molecule has 0 aliphatic carbocycles. The summed E-state index contributed by atoms with van der Waals surface area (Å²) in [4.78, 5) is 4.49. The first-order chi connectivity index (χ1) is 9.58. The zero-order valence-electron chi connectivity index (χ0n) is 10.1. The summed E-state index contributed by atoms with van der Waals surface area (Å²) in [7, 11) is 0. The minimum atomic E-state index is 0.274. The summed E-state index contributed by atoms with van der Waals surface area (Å²) in [6, 6.07) is 10.8. The summed E-state index contributed by atoms with van der Waals surface area (Å²) in [6.07, 6.45) is 0. The van der Waals surface area contributed by atoms with Gasteiger partial charge in [0.2, 0.25) is 0 Å². The molecule has 0 aliphatic rings. The molecular formula is C14H8Cl4N2. The average molecular weight is 346 g/mol. The van der Waals surface area contributed by atoms with E-state index in [1.54, 1.807) is 12.1 Å². The van der Waals surface area contributed by atoms with Crippen LogP contribution in [0.15, 0.2) is 36.4 Å². The molecule has 0 radical (unpaired) electrons. The number of halogens is 4. The maximum Gasteiger partial charge on any atom is 0.129 e. The Bertz CT molecular complexity index is 775. The van der Waals surface area contributed by atoms with Crippen molar-refractivity contribution in [2.45, 2.75) is 5.88 Å². The number of alkyl halides is 1. The van der Waals surface area contributed by atoms with Gasteiger partial charge in [-0.25, -0.2) is 4.98 Å². The van der Waals surface area contributed by atoms with Gasteiger partial charge in [-0.1, -0.05) is 34.8 Å². The predicted molar refractivity (Wildman–Crippen MR) is 85.7 cm³/mol. The molecule has 0 unspecified atom stereocenters. The van der Waals surface area contributed by atoms with Crippen LogP contribution in [0.1, 0.15) is 5.82 Å². The number of aromatic nitrogens is 2. The summed E-state index contributed by atoms with van der Waals surface area (Å²) in [6.45, 7) is 0. The molecule has 0 amide bonds. The number of nitrogens with zero attached hydrogens (tertiary/aromatic N) is 2. The van der Waals surface area contributed by atoms with Crippen molar-refractivity contribution in [1.29, 1.82) is 0 Å². The third-order valence-corrected chi connectivity index (χ3v) is 3.82. The van der Waals surface area contributed by atoms with Crippen LogP contribution in [-0.2, 0) is 5.88 Å². The fourth-order valence-corrected chi connectivity index (χ4v) is 3.00. The molecule has 102 valence electrons. The molecule has 0 saturated carbocycles. The SMILES string of the molecule is ClCc1nc2ccc(Cl)cc2n1-c1cc(Cl)cc(Cl)c1. The second kappa shape index (κ2) is 5.45. The maximum absolute atomic E-state index is 6.07. The van der Waals surface area contributed by atoms with Gasteiger partial charge in [0, 0.05) is 15.1 Å². The van der Waals surface area contributed by atoms with Crippen LogP contribution in [0.3, 0.4) is 0 Å². The Kier molecular flexibility index (Phi) is 3.83. The Morgan fingerprint density at radius 2 is 1.60 bits per heavy atom. The van der Waals surface area contributed by atoms with Gasteiger partial charge in [-0.05, 0) is 36.4 Å². The number of hydrogen-bond acceptors (Lipinski definition) is 1. The van der Waals surface area contributed by atoms with Crippen molar-refractivity contribution in [3.63, 3.8) is 0 Å². The van der Waals surface area contributed by atoms with Crippen LogP contribution < -0.4 is 0 Å². The molecule has 3 rings (SSSR count). The summed E-state index contributed by atoms with van der Waals surface area (Å²) in [5, 5.41) is 1.74. The highest BCUT2D eigenvalue weighted by Gasteiger charge is 2.13. The molecular weight excluding hydrogens is 338 g/mol. The third kappa shape index (κ3) is 2.49. The molecule has 1 aromatic heterocycles. The molecule has 0 aliphatic heterocycles. The normalized spacial score (nSPS) is 11.2. The topological polar surface area (TPSA) is 17.8 Å². The van der Waals surface area contributed by atoms with Crippen molar-refractivity contribution < 1.29 is 0 Å². The van der Waals surface area contributed by atoms with Gasteiger partial charge >= 0.3 is 0 Å². The van der Waals surface area contributed by atoms with Crippen molar-refractivity contribution in [2.75, 3.05) is 0 Å². The first-order valence-electron chi connectivity index (χ1n) is 5.78. The van der Waals surface area contributed by atoms with E-state index in [0.717, 1.165) is 16.7 Å².